The number of likely N-dealkylation sites (N-methyl/N-ethyl adjacent to an activating group) is 1. The third-order valence-corrected chi connectivity index (χ3v) is 4.52. The van der Waals surface area contributed by atoms with E-state index in [-0.39, 0.29) is 5.91 Å². The lowest BCUT2D eigenvalue weighted by Gasteiger charge is -2.27. The first-order valence-electron chi connectivity index (χ1n) is 6.83. The maximum absolute atomic E-state index is 12.6. The Kier molecular flexibility index (Phi) is 2.23. The molecule has 2 atom stereocenters. The van der Waals surface area contributed by atoms with E-state index < -0.39 is 0 Å². The summed E-state index contributed by atoms with van der Waals surface area (Å²) in [4.78, 5) is 20.3. The number of nitrogens with one attached hydrogen (secondary N) is 1. The number of aromatic amines is 1. The van der Waals surface area contributed by atoms with Crippen LogP contribution in [0.2, 0.25) is 0 Å². The number of aromatic nitrogens is 1. The van der Waals surface area contributed by atoms with Crippen molar-refractivity contribution in [3.05, 3.63) is 35.5 Å². The van der Waals surface area contributed by atoms with Crippen LogP contribution < -0.4 is 0 Å². The zero-order valence-electron chi connectivity index (χ0n) is 11.0. The predicted octanol–water partition coefficient (Wildman–Crippen LogP) is 1.83. The van der Waals surface area contributed by atoms with Gasteiger partial charge in [0.2, 0.25) is 0 Å². The summed E-state index contributed by atoms with van der Waals surface area (Å²) in [6.07, 6.45) is 1.09. The van der Waals surface area contributed by atoms with E-state index in [9.17, 15) is 4.79 Å². The van der Waals surface area contributed by atoms with Crippen molar-refractivity contribution < 1.29 is 4.79 Å². The molecule has 4 rings (SSSR count). The monoisotopic (exact) mass is 255 g/mol. The third kappa shape index (κ3) is 1.53. The van der Waals surface area contributed by atoms with Gasteiger partial charge in [-0.1, -0.05) is 18.2 Å². The number of amides is 1. The Hall–Kier alpha value is -1.81. The van der Waals surface area contributed by atoms with E-state index in [4.69, 9.17) is 0 Å². The molecule has 1 saturated heterocycles. The second-order valence-corrected chi connectivity index (χ2v) is 5.62. The maximum Gasteiger partial charge on any atom is 0.270 e. The summed E-state index contributed by atoms with van der Waals surface area (Å²) in [5, 5.41) is 1.18. The number of nitrogens with zero attached hydrogens (tertiary/aromatic N) is 2. The first-order valence-corrected chi connectivity index (χ1v) is 6.83. The Morgan fingerprint density at radius 1 is 1.32 bits per heavy atom. The summed E-state index contributed by atoms with van der Waals surface area (Å²) in [5.41, 5.74) is 3.00. The first-order chi connectivity index (χ1) is 9.24. The Balaban J connectivity index is 1.94. The molecule has 0 aliphatic carbocycles. The first kappa shape index (κ1) is 11.1. The van der Waals surface area contributed by atoms with E-state index in [2.05, 4.69) is 16.0 Å². The Bertz CT molecular complexity index is 660. The minimum Gasteiger partial charge on any atom is -0.350 e. The van der Waals surface area contributed by atoms with Gasteiger partial charge in [-0.15, -0.1) is 0 Å². The molecule has 19 heavy (non-hydrogen) atoms. The van der Waals surface area contributed by atoms with Crippen LogP contribution in [0.25, 0.3) is 10.9 Å². The lowest BCUT2D eigenvalue weighted by Crippen LogP contribution is -2.41. The number of rotatable bonds is 0. The van der Waals surface area contributed by atoms with E-state index in [1.54, 1.807) is 0 Å². The van der Waals surface area contributed by atoms with Gasteiger partial charge in [-0.25, -0.2) is 0 Å². The number of benzene rings is 1. The van der Waals surface area contributed by atoms with E-state index in [1.807, 2.05) is 30.1 Å². The zero-order chi connectivity index (χ0) is 13.0. The number of para-hydroxylation sites is 1. The van der Waals surface area contributed by atoms with Crippen molar-refractivity contribution in [2.24, 2.45) is 0 Å². The van der Waals surface area contributed by atoms with Crippen molar-refractivity contribution in [1.82, 2.24) is 14.8 Å². The highest BCUT2D eigenvalue weighted by molar-refractivity contribution is 6.01. The molecule has 1 N–H and O–H groups in total. The summed E-state index contributed by atoms with van der Waals surface area (Å²) >= 11 is 0. The fourth-order valence-electron chi connectivity index (χ4n) is 3.38. The number of hydrogen-bond acceptors (Lipinski definition) is 2. The van der Waals surface area contributed by atoms with Crippen LogP contribution in [0.4, 0.5) is 0 Å². The second kappa shape index (κ2) is 3.84. The van der Waals surface area contributed by atoms with Crippen molar-refractivity contribution >= 4 is 16.8 Å². The molecule has 1 amide bonds. The number of hydrogen-bond donors (Lipinski definition) is 1. The van der Waals surface area contributed by atoms with Gasteiger partial charge in [0.05, 0.1) is 0 Å². The van der Waals surface area contributed by atoms with E-state index in [0.29, 0.717) is 6.04 Å². The summed E-state index contributed by atoms with van der Waals surface area (Å²) < 4.78 is 0. The van der Waals surface area contributed by atoms with Gasteiger partial charge in [-0.05, 0) is 12.5 Å². The molecule has 2 unspecified atom stereocenters. The smallest absolute Gasteiger partial charge is 0.270 e. The van der Waals surface area contributed by atoms with Crippen LogP contribution in [0.5, 0.6) is 0 Å². The van der Waals surface area contributed by atoms with Crippen LogP contribution in [0.15, 0.2) is 24.3 Å². The van der Waals surface area contributed by atoms with E-state index in [1.165, 1.54) is 5.39 Å². The molecule has 1 aromatic heterocycles. The summed E-state index contributed by atoms with van der Waals surface area (Å²) in [7, 11) is 1.93. The molecule has 98 valence electrons. The SMILES string of the molecule is CN1C(=O)c2[nH]c3ccccc3c2CN2CCC1C2. The van der Waals surface area contributed by atoms with Crippen LogP contribution in [-0.2, 0) is 6.54 Å². The largest absolute Gasteiger partial charge is 0.350 e. The molecule has 2 aliphatic rings. The Morgan fingerprint density at radius 3 is 3.05 bits per heavy atom. The maximum atomic E-state index is 12.6. The number of carbonyl (C=O) groups is 1. The Morgan fingerprint density at radius 2 is 2.16 bits per heavy atom. The van der Waals surface area contributed by atoms with Crippen molar-refractivity contribution in [3.8, 4) is 0 Å². The predicted molar refractivity (Wildman–Crippen MR) is 74.1 cm³/mol. The van der Waals surface area contributed by atoms with Gasteiger partial charge in [0, 0.05) is 49.2 Å². The molecule has 0 saturated carbocycles. The molecule has 3 heterocycles. The van der Waals surface area contributed by atoms with Gasteiger partial charge in [0.15, 0.2) is 0 Å². The molecule has 2 aliphatic heterocycles. The van der Waals surface area contributed by atoms with Crippen molar-refractivity contribution in [2.45, 2.75) is 19.0 Å². The van der Waals surface area contributed by atoms with Gasteiger partial charge >= 0.3 is 0 Å². The minimum absolute atomic E-state index is 0.137. The zero-order valence-corrected chi connectivity index (χ0v) is 11.0. The standard InChI is InChI=1S/C15H17N3O/c1-17-10-6-7-18(8-10)9-12-11-4-2-3-5-13(11)16-14(12)15(17)19/h2-5,10,16H,6-9H2,1H3. The topological polar surface area (TPSA) is 39.3 Å². The van der Waals surface area contributed by atoms with Crippen LogP contribution in [0.1, 0.15) is 22.5 Å². The van der Waals surface area contributed by atoms with Gasteiger partial charge in [-0.2, -0.15) is 0 Å². The average molecular weight is 255 g/mol. The fourth-order valence-corrected chi connectivity index (χ4v) is 3.38. The van der Waals surface area contributed by atoms with E-state index >= 15 is 0 Å². The highest BCUT2D eigenvalue weighted by Gasteiger charge is 2.34. The normalized spacial score (nSPS) is 26.4. The number of H-pyrrole nitrogens is 1. The summed E-state index contributed by atoms with van der Waals surface area (Å²) in [6, 6.07) is 8.56. The number of fused-ring (bicyclic) bond motifs is 5. The molecule has 0 spiro atoms. The second-order valence-electron chi connectivity index (χ2n) is 5.62. The Labute approximate surface area is 112 Å². The highest BCUT2D eigenvalue weighted by Crippen LogP contribution is 2.29. The van der Waals surface area contributed by atoms with Gasteiger partial charge in [0.25, 0.3) is 5.91 Å². The van der Waals surface area contributed by atoms with Crippen LogP contribution in [0, 0.1) is 0 Å². The molecular formula is C15H17N3O. The van der Waals surface area contributed by atoms with Crippen LogP contribution >= 0.6 is 0 Å². The average Bonchev–Trinajstić information content (AvgIpc) is 3.03. The van der Waals surface area contributed by atoms with Crippen LogP contribution in [0.3, 0.4) is 0 Å². The summed E-state index contributed by atoms with van der Waals surface area (Å²) in [5.74, 6) is 0.137. The lowest BCUT2D eigenvalue weighted by molar-refractivity contribution is 0.0719. The molecule has 4 nitrogen and oxygen atoms in total. The van der Waals surface area contributed by atoms with Gasteiger partial charge < -0.3 is 9.88 Å². The fraction of sp³-hybridized carbons (Fsp3) is 0.400. The quantitative estimate of drug-likeness (QED) is 0.780. The minimum atomic E-state index is 0.137. The van der Waals surface area contributed by atoms with Crippen molar-refractivity contribution in [3.63, 3.8) is 0 Å². The van der Waals surface area contributed by atoms with E-state index in [0.717, 1.165) is 42.8 Å². The molecular weight excluding hydrogens is 238 g/mol. The molecule has 1 aromatic carbocycles. The third-order valence-electron chi connectivity index (χ3n) is 4.52. The van der Waals surface area contributed by atoms with Gasteiger partial charge in [0.1, 0.15) is 5.69 Å². The van der Waals surface area contributed by atoms with Crippen LogP contribution in [-0.4, -0.2) is 46.9 Å². The summed E-state index contributed by atoms with van der Waals surface area (Å²) in [6.45, 7) is 2.97. The number of carbonyl (C=O) groups excluding carboxylic acids is 1. The van der Waals surface area contributed by atoms with Crippen molar-refractivity contribution in [2.75, 3.05) is 20.1 Å². The lowest BCUT2D eigenvalue weighted by atomic mass is 10.1. The molecule has 4 heteroatoms. The molecule has 2 bridgehead atoms. The molecule has 0 radical (unpaired) electrons. The molecule has 1 fully saturated rings. The van der Waals surface area contributed by atoms with Gasteiger partial charge in [-0.3, -0.25) is 9.69 Å². The highest BCUT2D eigenvalue weighted by atomic mass is 16.2. The van der Waals surface area contributed by atoms with Crippen molar-refractivity contribution in [1.29, 1.82) is 0 Å². The molecule has 2 aromatic rings.